The fourth-order valence-electron chi connectivity index (χ4n) is 2.64. The Hall–Kier alpha value is -0.860. The van der Waals surface area contributed by atoms with Crippen molar-refractivity contribution < 1.29 is 5.11 Å². The number of hydrogen-bond donors (Lipinski definition) is 1. The molecule has 0 spiro atoms. The van der Waals surface area contributed by atoms with E-state index in [0.717, 1.165) is 25.1 Å². The predicted octanol–water partition coefficient (Wildman–Crippen LogP) is 2.24. The van der Waals surface area contributed by atoms with Gasteiger partial charge in [0.25, 0.3) is 0 Å². The maximum absolute atomic E-state index is 10.7. The van der Waals surface area contributed by atoms with Gasteiger partial charge in [-0.3, -0.25) is 0 Å². The zero-order valence-corrected chi connectivity index (χ0v) is 10.2. The molecule has 1 aliphatic rings. The number of hydrogen-bond acceptors (Lipinski definition) is 2. The second-order valence-corrected chi connectivity index (χ2v) is 5.11. The summed E-state index contributed by atoms with van der Waals surface area (Å²) in [5.74, 6) is 0.341. The van der Waals surface area contributed by atoms with Gasteiger partial charge in [0, 0.05) is 12.5 Å². The molecule has 2 nitrogen and oxygen atoms in total. The Morgan fingerprint density at radius 2 is 2.00 bits per heavy atom. The highest BCUT2D eigenvalue weighted by molar-refractivity contribution is 5.22. The second kappa shape index (κ2) is 4.56. The van der Waals surface area contributed by atoms with E-state index < -0.39 is 5.60 Å². The number of benzene rings is 1. The van der Waals surface area contributed by atoms with E-state index in [0.29, 0.717) is 5.92 Å². The maximum atomic E-state index is 10.7. The SMILES string of the molecule is CN1CCC[C@H]([C@@](C)(O)c2ccccc2)C1. The van der Waals surface area contributed by atoms with E-state index in [-0.39, 0.29) is 0 Å². The molecule has 2 heteroatoms. The van der Waals surface area contributed by atoms with Gasteiger partial charge in [-0.15, -0.1) is 0 Å². The third kappa shape index (κ3) is 2.28. The van der Waals surface area contributed by atoms with E-state index in [1.807, 2.05) is 37.3 Å². The lowest BCUT2D eigenvalue weighted by Crippen LogP contribution is -2.43. The monoisotopic (exact) mass is 219 g/mol. The first-order valence-electron chi connectivity index (χ1n) is 6.07. The molecule has 16 heavy (non-hydrogen) atoms. The summed E-state index contributed by atoms with van der Waals surface area (Å²) in [6, 6.07) is 10.0. The van der Waals surface area contributed by atoms with Gasteiger partial charge in [-0.25, -0.2) is 0 Å². The van der Waals surface area contributed by atoms with E-state index in [2.05, 4.69) is 11.9 Å². The number of nitrogens with zero attached hydrogens (tertiary/aromatic N) is 1. The summed E-state index contributed by atoms with van der Waals surface area (Å²) in [6.07, 6.45) is 2.30. The highest BCUT2D eigenvalue weighted by Gasteiger charge is 2.35. The number of piperidine rings is 1. The first kappa shape index (κ1) is 11.6. The topological polar surface area (TPSA) is 23.5 Å². The van der Waals surface area contributed by atoms with E-state index in [1.165, 1.54) is 6.42 Å². The quantitative estimate of drug-likeness (QED) is 0.824. The summed E-state index contributed by atoms with van der Waals surface area (Å²) in [4.78, 5) is 2.31. The van der Waals surface area contributed by atoms with Gasteiger partial charge in [0.05, 0.1) is 5.60 Å². The molecule has 1 aromatic rings. The molecule has 0 unspecified atom stereocenters. The van der Waals surface area contributed by atoms with Crippen LogP contribution in [0.15, 0.2) is 30.3 Å². The molecule has 0 saturated carbocycles. The molecule has 1 heterocycles. The predicted molar refractivity (Wildman–Crippen MR) is 66.2 cm³/mol. The summed E-state index contributed by atoms with van der Waals surface area (Å²) in [5.41, 5.74) is 0.339. The molecule has 1 fully saturated rings. The van der Waals surface area contributed by atoms with Gasteiger partial charge in [-0.05, 0) is 38.9 Å². The summed E-state index contributed by atoms with van der Waals surface area (Å²) in [5, 5.41) is 10.7. The third-order valence-electron chi connectivity index (χ3n) is 3.78. The molecule has 1 aliphatic heterocycles. The van der Waals surface area contributed by atoms with Crippen molar-refractivity contribution in [2.24, 2.45) is 5.92 Å². The Morgan fingerprint density at radius 3 is 2.62 bits per heavy atom. The van der Waals surface area contributed by atoms with Crippen molar-refractivity contribution in [1.29, 1.82) is 0 Å². The van der Waals surface area contributed by atoms with Crippen LogP contribution in [0.2, 0.25) is 0 Å². The highest BCUT2D eigenvalue weighted by atomic mass is 16.3. The van der Waals surface area contributed by atoms with Crippen LogP contribution < -0.4 is 0 Å². The Kier molecular flexibility index (Phi) is 3.31. The van der Waals surface area contributed by atoms with Gasteiger partial charge in [0.15, 0.2) is 0 Å². The Labute approximate surface area is 97.9 Å². The largest absolute Gasteiger partial charge is 0.385 e. The van der Waals surface area contributed by atoms with Crippen molar-refractivity contribution in [2.45, 2.75) is 25.4 Å². The smallest absolute Gasteiger partial charge is 0.0908 e. The molecule has 0 bridgehead atoms. The van der Waals surface area contributed by atoms with Gasteiger partial charge >= 0.3 is 0 Å². The van der Waals surface area contributed by atoms with Crippen LogP contribution in [0.5, 0.6) is 0 Å². The van der Waals surface area contributed by atoms with Crippen LogP contribution in [-0.2, 0) is 5.60 Å². The molecule has 1 N–H and O–H groups in total. The first-order valence-corrected chi connectivity index (χ1v) is 6.07. The summed E-state index contributed by atoms with van der Waals surface area (Å²) in [6.45, 7) is 4.09. The van der Waals surface area contributed by atoms with Crippen molar-refractivity contribution in [1.82, 2.24) is 4.90 Å². The van der Waals surface area contributed by atoms with Crippen molar-refractivity contribution in [3.05, 3.63) is 35.9 Å². The van der Waals surface area contributed by atoms with Crippen LogP contribution >= 0.6 is 0 Å². The molecule has 0 radical (unpaired) electrons. The maximum Gasteiger partial charge on any atom is 0.0908 e. The average Bonchev–Trinajstić information content (AvgIpc) is 2.30. The molecule has 0 amide bonds. The molecule has 0 aliphatic carbocycles. The molecule has 1 aromatic carbocycles. The summed E-state index contributed by atoms with van der Waals surface area (Å²) < 4.78 is 0. The Bertz CT molecular complexity index is 334. The van der Waals surface area contributed by atoms with Crippen LogP contribution in [0, 0.1) is 5.92 Å². The Morgan fingerprint density at radius 1 is 1.31 bits per heavy atom. The fourth-order valence-corrected chi connectivity index (χ4v) is 2.64. The molecule has 2 atom stereocenters. The fraction of sp³-hybridized carbons (Fsp3) is 0.571. The van der Waals surface area contributed by atoms with Gasteiger partial charge in [-0.1, -0.05) is 30.3 Å². The summed E-state index contributed by atoms with van der Waals surface area (Å²) in [7, 11) is 2.13. The zero-order chi connectivity index (χ0) is 11.6. The molecular weight excluding hydrogens is 198 g/mol. The standard InChI is InChI=1S/C14H21NO/c1-14(16,12-7-4-3-5-8-12)13-9-6-10-15(2)11-13/h3-5,7-8,13,16H,6,9-11H2,1-2H3/t13-,14-/m0/s1. The van der Waals surface area contributed by atoms with E-state index in [4.69, 9.17) is 0 Å². The van der Waals surface area contributed by atoms with Crippen LogP contribution in [-0.4, -0.2) is 30.1 Å². The average molecular weight is 219 g/mol. The van der Waals surface area contributed by atoms with Gasteiger partial charge in [0.2, 0.25) is 0 Å². The molecular formula is C14H21NO. The lowest BCUT2D eigenvalue weighted by atomic mass is 9.78. The summed E-state index contributed by atoms with van der Waals surface area (Å²) >= 11 is 0. The number of likely N-dealkylation sites (tertiary alicyclic amines) is 1. The van der Waals surface area contributed by atoms with Crippen molar-refractivity contribution in [3.8, 4) is 0 Å². The van der Waals surface area contributed by atoms with E-state index in [1.54, 1.807) is 0 Å². The zero-order valence-electron chi connectivity index (χ0n) is 10.2. The molecule has 2 rings (SSSR count). The van der Waals surface area contributed by atoms with Crippen LogP contribution in [0.1, 0.15) is 25.3 Å². The van der Waals surface area contributed by atoms with E-state index in [9.17, 15) is 5.11 Å². The van der Waals surface area contributed by atoms with Crippen molar-refractivity contribution in [2.75, 3.05) is 20.1 Å². The highest BCUT2D eigenvalue weighted by Crippen LogP contribution is 2.34. The minimum absolute atomic E-state index is 0.341. The lowest BCUT2D eigenvalue weighted by Gasteiger charge is -2.39. The van der Waals surface area contributed by atoms with Crippen LogP contribution in [0.3, 0.4) is 0 Å². The minimum atomic E-state index is -0.698. The first-order chi connectivity index (χ1) is 7.60. The molecule has 1 saturated heterocycles. The number of rotatable bonds is 2. The van der Waals surface area contributed by atoms with Crippen LogP contribution in [0.4, 0.5) is 0 Å². The van der Waals surface area contributed by atoms with Gasteiger partial charge in [-0.2, -0.15) is 0 Å². The number of aliphatic hydroxyl groups is 1. The van der Waals surface area contributed by atoms with Crippen LogP contribution in [0.25, 0.3) is 0 Å². The Balaban J connectivity index is 2.18. The normalized spacial score (nSPS) is 26.3. The van der Waals surface area contributed by atoms with Crippen molar-refractivity contribution >= 4 is 0 Å². The third-order valence-corrected chi connectivity index (χ3v) is 3.78. The van der Waals surface area contributed by atoms with Gasteiger partial charge < -0.3 is 10.0 Å². The minimum Gasteiger partial charge on any atom is -0.385 e. The molecule has 0 aromatic heterocycles. The van der Waals surface area contributed by atoms with Crippen molar-refractivity contribution in [3.63, 3.8) is 0 Å². The second-order valence-electron chi connectivity index (χ2n) is 5.11. The van der Waals surface area contributed by atoms with E-state index >= 15 is 0 Å². The van der Waals surface area contributed by atoms with Gasteiger partial charge in [0.1, 0.15) is 0 Å². The molecule has 88 valence electrons. The lowest BCUT2D eigenvalue weighted by molar-refractivity contribution is -0.0340.